The van der Waals surface area contributed by atoms with Gasteiger partial charge in [0.2, 0.25) is 0 Å². The van der Waals surface area contributed by atoms with Gasteiger partial charge < -0.3 is 15.3 Å². The number of nitrogens with zero attached hydrogens (tertiary/aromatic N) is 1. The average molecular weight is 723 g/mol. The van der Waals surface area contributed by atoms with Gasteiger partial charge in [-0.15, -0.1) is 0 Å². The van der Waals surface area contributed by atoms with Crippen molar-refractivity contribution in [1.29, 1.82) is 0 Å². The van der Waals surface area contributed by atoms with E-state index < -0.39 is 15.8 Å². The van der Waals surface area contributed by atoms with E-state index in [4.69, 9.17) is 0 Å². The fourth-order valence-corrected chi connectivity index (χ4v) is 16.0. The zero-order chi connectivity index (χ0) is 36.8. The predicted octanol–water partition coefficient (Wildman–Crippen LogP) is 8.84. The highest BCUT2D eigenvalue weighted by Gasteiger charge is 2.70. The minimum absolute atomic E-state index is 0.0934. The van der Waals surface area contributed by atoms with Crippen LogP contribution in [0, 0.1) is 57.2 Å². The fraction of sp³-hybridized carbons (Fsp3) is 0.841. The SMILES string of the molecule is C=C(C)C1CCC2(NCCN3CCC(S(C)(=O)=O)CC3)CCC3(C)C(CCC4C5(C)CC=C(C6=CCC(C(=O)O)CC6)C(C)(C)C5CCC43C)C12. The first kappa shape index (κ1) is 37.9. The number of aliphatic carboxylic acids is 1. The van der Waals surface area contributed by atoms with Crippen molar-refractivity contribution in [3.8, 4) is 0 Å². The molecular formula is C44H70N2O4S. The highest BCUT2D eigenvalue weighted by atomic mass is 32.2. The lowest BCUT2D eigenvalue weighted by atomic mass is 9.33. The van der Waals surface area contributed by atoms with E-state index in [1.54, 1.807) is 0 Å². The molecule has 7 rings (SSSR count). The number of sulfone groups is 1. The smallest absolute Gasteiger partial charge is 0.306 e. The van der Waals surface area contributed by atoms with Gasteiger partial charge in [-0.2, -0.15) is 0 Å². The second-order valence-electron chi connectivity index (χ2n) is 20.2. The number of carboxylic acid groups (broad SMARTS) is 1. The normalized spacial score (nSPS) is 44.3. The summed E-state index contributed by atoms with van der Waals surface area (Å²) < 4.78 is 24.3. The maximum absolute atomic E-state index is 12.1. The van der Waals surface area contributed by atoms with Crippen LogP contribution in [0.1, 0.15) is 131 Å². The molecule has 0 bridgehead atoms. The first-order valence-corrected chi connectivity index (χ1v) is 22.8. The van der Waals surface area contributed by atoms with E-state index in [0.29, 0.717) is 46.8 Å². The summed E-state index contributed by atoms with van der Waals surface area (Å²) in [5.74, 6) is 2.40. The van der Waals surface area contributed by atoms with Crippen molar-refractivity contribution in [2.45, 2.75) is 142 Å². The fourth-order valence-electron chi connectivity index (χ4n) is 14.9. The Morgan fingerprint density at radius 2 is 1.65 bits per heavy atom. The first-order valence-electron chi connectivity index (χ1n) is 20.8. The minimum Gasteiger partial charge on any atom is -0.481 e. The number of carboxylic acids is 1. The summed E-state index contributed by atoms with van der Waals surface area (Å²) in [6.07, 6.45) is 21.7. The van der Waals surface area contributed by atoms with E-state index >= 15 is 0 Å². The molecule has 2 N–H and O–H groups in total. The van der Waals surface area contributed by atoms with Crippen molar-refractivity contribution in [3.05, 3.63) is 35.5 Å². The van der Waals surface area contributed by atoms with E-state index in [1.807, 2.05) is 0 Å². The summed E-state index contributed by atoms with van der Waals surface area (Å²) in [7, 11) is -2.94. The lowest BCUT2D eigenvalue weighted by molar-refractivity contribution is -0.221. The molecule has 6 nitrogen and oxygen atoms in total. The number of carbonyl (C=O) groups is 1. The third-order valence-electron chi connectivity index (χ3n) is 17.8. The van der Waals surface area contributed by atoms with E-state index in [2.05, 4.69) is 70.5 Å². The largest absolute Gasteiger partial charge is 0.481 e. The molecule has 0 aromatic carbocycles. The summed E-state index contributed by atoms with van der Waals surface area (Å²) >= 11 is 0. The lowest BCUT2D eigenvalue weighted by Gasteiger charge is -2.72. The van der Waals surface area contributed by atoms with Crippen molar-refractivity contribution >= 4 is 15.8 Å². The van der Waals surface area contributed by atoms with Crippen LogP contribution in [-0.2, 0) is 14.6 Å². The Labute approximate surface area is 310 Å². The van der Waals surface area contributed by atoms with E-state index in [0.717, 1.165) is 58.3 Å². The third kappa shape index (κ3) is 5.99. The summed E-state index contributed by atoms with van der Waals surface area (Å²) in [6, 6.07) is 0. The molecule has 1 saturated heterocycles. The van der Waals surface area contributed by atoms with Crippen LogP contribution in [0.3, 0.4) is 0 Å². The van der Waals surface area contributed by atoms with Crippen molar-refractivity contribution in [1.82, 2.24) is 10.2 Å². The molecule has 51 heavy (non-hydrogen) atoms. The Morgan fingerprint density at radius 1 is 0.922 bits per heavy atom. The highest BCUT2D eigenvalue weighted by molar-refractivity contribution is 7.91. The Bertz CT molecular complexity index is 1570. The third-order valence-corrected chi connectivity index (χ3v) is 19.5. The number of hydrogen-bond donors (Lipinski definition) is 2. The van der Waals surface area contributed by atoms with Crippen LogP contribution in [0.4, 0.5) is 0 Å². The van der Waals surface area contributed by atoms with Crippen LogP contribution in [0.25, 0.3) is 0 Å². The van der Waals surface area contributed by atoms with Crippen LogP contribution in [0.15, 0.2) is 35.5 Å². The molecule has 5 fully saturated rings. The van der Waals surface area contributed by atoms with Gasteiger partial charge in [-0.3, -0.25) is 4.79 Å². The van der Waals surface area contributed by atoms with Gasteiger partial charge in [-0.05, 0) is 172 Å². The number of fused-ring (bicyclic) bond motifs is 7. The zero-order valence-corrected chi connectivity index (χ0v) is 34.0. The van der Waals surface area contributed by atoms with Crippen LogP contribution >= 0.6 is 0 Å². The topological polar surface area (TPSA) is 86.7 Å². The van der Waals surface area contributed by atoms with Crippen molar-refractivity contribution in [2.75, 3.05) is 32.4 Å². The molecule has 0 spiro atoms. The number of piperidine rings is 1. The van der Waals surface area contributed by atoms with E-state index in [1.165, 1.54) is 74.3 Å². The molecule has 7 heteroatoms. The lowest BCUT2D eigenvalue weighted by Crippen LogP contribution is -2.68. The van der Waals surface area contributed by atoms with Gasteiger partial charge in [0.05, 0.1) is 11.2 Å². The summed E-state index contributed by atoms with van der Waals surface area (Å²) in [5, 5.41) is 13.7. The monoisotopic (exact) mass is 723 g/mol. The molecule has 10 atom stereocenters. The Hall–Kier alpha value is -1.44. The standard InChI is InChI=1S/C44H70N2O4S/c1-29(2)33-15-22-44(45-25-28-46-26-18-32(19-27-46)51(8,49)50)24-23-42(6)35(38(33)44)13-14-37-41(5)20-16-34(30-9-11-31(12-10-30)39(47)48)40(3,4)36(41)17-21-43(37,42)7/h9,16,31-33,35-38,45H,1,10-15,17-28H2,2-8H3,(H,47,48). The van der Waals surface area contributed by atoms with Gasteiger partial charge in [0.25, 0.3) is 0 Å². The number of rotatable bonds is 8. The Morgan fingerprint density at radius 3 is 2.27 bits per heavy atom. The van der Waals surface area contributed by atoms with Gasteiger partial charge in [-0.25, -0.2) is 8.42 Å². The summed E-state index contributed by atoms with van der Waals surface area (Å²) in [4.78, 5) is 14.2. The van der Waals surface area contributed by atoms with Crippen LogP contribution in [0.2, 0.25) is 0 Å². The maximum Gasteiger partial charge on any atom is 0.306 e. The molecule has 7 aliphatic rings. The van der Waals surface area contributed by atoms with Gasteiger partial charge in [0, 0.05) is 24.9 Å². The summed E-state index contributed by atoms with van der Waals surface area (Å²) in [6.45, 7) is 23.9. The van der Waals surface area contributed by atoms with Crippen LogP contribution in [-0.4, -0.2) is 67.6 Å². The van der Waals surface area contributed by atoms with Gasteiger partial charge in [-0.1, -0.05) is 58.9 Å². The number of likely N-dealkylation sites (tertiary alicyclic amines) is 1. The average Bonchev–Trinajstić information content (AvgIpc) is 3.45. The first-order chi connectivity index (χ1) is 23.9. The quantitative estimate of drug-likeness (QED) is 0.244. The highest BCUT2D eigenvalue weighted by Crippen LogP contribution is 2.76. The van der Waals surface area contributed by atoms with Crippen LogP contribution in [0.5, 0.6) is 0 Å². The molecule has 0 amide bonds. The molecule has 1 aliphatic heterocycles. The van der Waals surface area contributed by atoms with Crippen molar-refractivity contribution < 1.29 is 18.3 Å². The molecule has 0 radical (unpaired) electrons. The van der Waals surface area contributed by atoms with Crippen molar-refractivity contribution in [3.63, 3.8) is 0 Å². The van der Waals surface area contributed by atoms with E-state index in [9.17, 15) is 18.3 Å². The Kier molecular flexibility index (Phi) is 9.73. The zero-order valence-electron chi connectivity index (χ0n) is 33.2. The maximum atomic E-state index is 12.1. The number of hydrogen-bond acceptors (Lipinski definition) is 5. The molecular weight excluding hydrogens is 653 g/mol. The molecule has 1 heterocycles. The van der Waals surface area contributed by atoms with Crippen molar-refractivity contribution in [2.24, 2.45) is 57.2 Å². The molecule has 0 aromatic rings. The number of nitrogens with one attached hydrogen (secondary N) is 1. The van der Waals surface area contributed by atoms with E-state index in [-0.39, 0.29) is 27.5 Å². The van der Waals surface area contributed by atoms with Gasteiger partial charge in [0.15, 0.2) is 0 Å². The number of allylic oxidation sites excluding steroid dienone is 5. The second-order valence-corrected chi connectivity index (χ2v) is 22.5. The molecule has 4 saturated carbocycles. The minimum atomic E-state index is -2.94. The van der Waals surface area contributed by atoms with Gasteiger partial charge in [0.1, 0.15) is 9.84 Å². The van der Waals surface area contributed by atoms with Crippen LogP contribution < -0.4 is 5.32 Å². The predicted molar refractivity (Wildman–Crippen MR) is 208 cm³/mol. The molecule has 6 aliphatic carbocycles. The summed E-state index contributed by atoms with van der Waals surface area (Å²) in [5.41, 5.74) is 5.50. The second kappa shape index (κ2) is 13.1. The van der Waals surface area contributed by atoms with Gasteiger partial charge >= 0.3 is 5.97 Å². The molecule has 10 unspecified atom stereocenters. The molecule has 0 aromatic heterocycles. The molecule has 286 valence electrons. The Balaban J connectivity index is 1.11.